The Kier molecular flexibility index (Phi) is 5.99. The summed E-state index contributed by atoms with van der Waals surface area (Å²) >= 11 is 6.09. The largest absolute Gasteiger partial charge is 0.450 e. The molecule has 2 heterocycles. The lowest BCUT2D eigenvalue weighted by Crippen LogP contribution is -3.12. The van der Waals surface area contributed by atoms with Gasteiger partial charge in [-0.1, -0.05) is 23.7 Å². The topological polar surface area (TPSA) is 98.1 Å². The highest BCUT2D eigenvalue weighted by Crippen LogP contribution is 2.38. The van der Waals surface area contributed by atoms with Crippen LogP contribution in [0.2, 0.25) is 5.02 Å². The number of nitro groups is 1. The quantitative estimate of drug-likeness (QED) is 0.435. The van der Waals surface area contributed by atoms with Gasteiger partial charge in [0, 0.05) is 17.2 Å². The van der Waals surface area contributed by atoms with Crippen molar-refractivity contribution in [2.75, 3.05) is 26.2 Å². The van der Waals surface area contributed by atoms with Gasteiger partial charge in [0.15, 0.2) is 5.43 Å². The molecule has 1 amide bonds. The summed E-state index contributed by atoms with van der Waals surface area (Å²) in [7, 11) is 0. The van der Waals surface area contributed by atoms with Crippen molar-refractivity contribution < 1.29 is 19.0 Å². The third-order valence-corrected chi connectivity index (χ3v) is 6.27. The minimum Gasteiger partial charge on any atom is -0.450 e. The molecule has 0 unspecified atom stereocenters. The Labute approximate surface area is 189 Å². The standard InChI is InChI=1S/C23H22ClN3O5/c1-3-25(4-2)10-11-26-20(14-6-5-7-16(12-14)27(30)31)19-21(28)17-13-15(24)8-9-18(17)32-22(19)23(26)29/h5-9,12-13,20H,3-4,10-11H2,1-2H3/p+1/t20-/m0/s1. The average Bonchev–Trinajstić information content (AvgIpc) is 3.07. The fraction of sp³-hybridized carbons (Fsp3) is 0.304. The van der Waals surface area contributed by atoms with Gasteiger partial charge in [0.25, 0.3) is 11.6 Å². The molecule has 0 fully saturated rings. The summed E-state index contributed by atoms with van der Waals surface area (Å²) < 4.78 is 5.88. The van der Waals surface area contributed by atoms with Gasteiger partial charge in [-0.3, -0.25) is 19.7 Å². The molecule has 0 aliphatic carbocycles. The summed E-state index contributed by atoms with van der Waals surface area (Å²) in [6.07, 6.45) is 0. The molecule has 8 nitrogen and oxygen atoms in total. The number of hydrogen-bond donors (Lipinski definition) is 1. The summed E-state index contributed by atoms with van der Waals surface area (Å²) in [5.74, 6) is -0.409. The van der Waals surface area contributed by atoms with Crippen LogP contribution in [-0.2, 0) is 0 Å². The van der Waals surface area contributed by atoms with Crippen LogP contribution in [-0.4, -0.2) is 41.9 Å². The number of halogens is 1. The molecule has 0 bridgehead atoms. The first-order valence-electron chi connectivity index (χ1n) is 10.5. The number of likely N-dealkylation sites (N-methyl/N-ethyl adjacent to an activating group) is 1. The Hall–Kier alpha value is -3.23. The van der Waals surface area contributed by atoms with Gasteiger partial charge in [-0.2, -0.15) is 0 Å². The van der Waals surface area contributed by atoms with Crippen LogP contribution in [0.25, 0.3) is 11.0 Å². The third kappa shape index (κ3) is 3.76. The second kappa shape index (κ2) is 8.72. The highest BCUT2D eigenvalue weighted by Gasteiger charge is 2.43. The number of nitro benzene ring substituents is 1. The molecule has 4 rings (SSSR count). The third-order valence-electron chi connectivity index (χ3n) is 6.03. The van der Waals surface area contributed by atoms with Gasteiger partial charge in [0.1, 0.15) is 5.58 Å². The van der Waals surface area contributed by atoms with Crippen molar-refractivity contribution in [2.45, 2.75) is 19.9 Å². The van der Waals surface area contributed by atoms with Gasteiger partial charge < -0.3 is 14.2 Å². The number of nitrogens with one attached hydrogen (secondary N) is 1. The maximum atomic E-state index is 13.5. The van der Waals surface area contributed by atoms with Gasteiger partial charge in [0.05, 0.1) is 48.1 Å². The molecule has 1 N–H and O–H groups in total. The smallest absolute Gasteiger partial charge is 0.291 e. The zero-order chi connectivity index (χ0) is 23.0. The van der Waals surface area contributed by atoms with Crippen LogP contribution in [0.15, 0.2) is 51.7 Å². The van der Waals surface area contributed by atoms with Gasteiger partial charge in [0.2, 0.25) is 5.76 Å². The molecule has 32 heavy (non-hydrogen) atoms. The number of nitrogens with zero attached hydrogens (tertiary/aromatic N) is 2. The van der Waals surface area contributed by atoms with E-state index in [1.54, 1.807) is 29.2 Å². The van der Waals surface area contributed by atoms with Gasteiger partial charge in [-0.25, -0.2) is 0 Å². The van der Waals surface area contributed by atoms with E-state index >= 15 is 0 Å². The molecule has 1 aliphatic rings. The predicted octanol–water partition coefficient (Wildman–Crippen LogP) is 2.82. The lowest BCUT2D eigenvalue weighted by Gasteiger charge is -2.26. The maximum Gasteiger partial charge on any atom is 0.291 e. The van der Waals surface area contributed by atoms with Crippen LogP contribution in [0.1, 0.15) is 41.6 Å². The minimum absolute atomic E-state index is 0.0177. The average molecular weight is 457 g/mol. The van der Waals surface area contributed by atoms with Crippen molar-refractivity contribution in [3.05, 3.63) is 84.7 Å². The SMILES string of the molecule is CC[NH+](CC)CCN1C(=O)c2oc3ccc(Cl)cc3c(=O)c2[C@@H]1c1cccc([N+](=O)[O-])c1. The zero-order valence-corrected chi connectivity index (χ0v) is 18.5. The van der Waals surface area contributed by atoms with Gasteiger partial charge in [-0.15, -0.1) is 0 Å². The van der Waals surface area contributed by atoms with Crippen molar-refractivity contribution in [1.82, 2.24) is 4.90 Å². The molecule has 9 heteroatoms. The van der Waals surface area contributed by atoms with Crippen molar-refractivity contribution in [3.8, 4) is 0 Å². The number of quaternary nitrogens is 1. The molecule has 1 atom stereocenters. The van der Waals surface area contributed by atoms with Crippen LogP contribution in [0.4, 0.5) is 5.69 Å². The molecule has 0 saturated heterocycles. The van der Waals surface area contributed by atoms with Crippen LogP contribution in [0.3, 0.4) is 0 Å². The fourth-order valence-electron chi connectivity index (χ4n) is 4.26. The summed E-state index contributed by atoms with van der Waals surface area (Å²) in [5, 5.41) is 12.0. The summed E-state index contributed by atoms with van der Waals surface area (Å²) in [4.78, 5) is 40.6. The van der Waals surface area contributed by atoms with E-state index in [2.05, 4.69) is 13.8 Å². The molecular formula is C23H23ClN3O5+. The molecular weight excluding hydrogens is 434 g/mol. The lowest BCUT2D eigenvalue weighted by molar-refractivity contribution is -0.895. The minimum atomic E-state index is -0.771. The number of rotatable bonds is 7. The Morgan fingerprint density at radius 3 is 2.59 bits per heavy atom. The highest BCUT2D eigenvalue weighted by molar-refractivity contribution is 6.31. The lowest BCUT2D eigenvalue weighted by atomic mass is 9.98. The Morgan fingerprint density at radius 1 is 1.16 bits per heavy atom. The number of hydrogen-bond acceptors (Lipinski definition) is 5. The highest BCUT2D eigenvalue weighted by atomic mass is 35.5. The first-order valence-corrected chi connectivity index (χ1v) is 10.9. The second-order valence-electron chi connectivity index (χ2n) is 7.77. The molecule has 0 saturated carbocycles. The molecule has 1 aliphatic heterocycles. The molecule has 1 aromatic heterocycles. The molecule has 2 aromatic carbocycles. The van der Waals surface area contributed by atoms with E-state index in [1.165, 1.54) is 23.1 Å². The first kappa shape index (κ1) is 22.0. The van der Waals surface area contributed by atoms with Crippen LogP contribution >= 0.6 is 11.6 Å². The summed E-state index contributed by atoms with van der Waals surface area (Å²) in [5.41, 5.74) is 0.507. The van der Waals surface area contributed by atoms with E-state index in [-0.39, 0.29) is 33.4 Å². The normalized spacial score (nSPS) is 15.6. The second-order valence-corrected chi connectivity index (χ2v) is 8.21. The van der Waals surface area contributed by atoms with E-state index in [0.29, 0.717) is 23.7 Å². The van der Waals surface area contributed by atoms with Crippen molar-refractivity contribution in [3.63, 3.8) is 0 Å². The first-order chi connectivity index (χ1) is 15.3. The number of carbonyl (C=O) groups excluding carboxylic acids is 1. The predicted molar refractivity (Wildman–Crippen MR) is 120 cm³/mol. The van der Waals surface area contributed by atoms with E-state index in [0.717, 1.165) is 13.1 Å². The Morgan fingerprint density at radius 2 is 1.91 bits per heavy atom. The molecule has 0 spiro atoms. The van der Waals surface area contributed by atoms with Crippen molar-refractivity contribution in [2.24, 2.45) is 0 Å². The molecule has 3 aromatic rings. The van der Waals surface area contributed by atoms with E-state index in [9.17, 15) is 19.7 Å². The number of benzene rings is 2. The van der Waals surface area contributed by atoms with Crippen LogP contribution in [0.5, 0.6) is 0 Å². The fourth-order valence-corrected chi connectivity index (χ4v) is 4.43. The van der Waals surface area contributed by atoms with Gasteiger partial charge in [-0.05, 0) is 37.6 Å². The van der Waals surface area contributed by atoms with E-state index in [4.69, 9.17) is 16.0 Å². The van der Waals surface area contributed by atoms with Crippen molar-refractivity contribution in [1.29, 1.82) is 0 Å². The van der Waals surface area contributed by atoms with E-state index < -0.39 is 16.9 Å². The number of carbonyl (C=O) groups is 1. The number of fused-ring (bicyclic) bond motifs is 2. The van der Waals surface area contributed by atoms with E-state index in [1.807, 2.05) is 0 Å². The summed E-state index contributed by atoms with van der Waals surface area (Å²) in [6, 6.07) is 9.95. The van der Waals surface area contributed by atoms with Gasteiger partial charge >= 0.3 is 0 Å². The number of amides is 1. The molecule has 166 valence electrons. The molecule has 0 radical (unpaired) electrons. The maximum absolute atomic E-state index is 13.5. The zero-order valence-electron chi connectivity index (χ0n) is 17.8. The number of non-ortho nitro benzene ring substituents is 1. The van der Waals surface area contributed by atoms with Crippen LogP contribution in [0, 0.1) is 10.1 Å². The summed E-state index contributed by atoms with van der Waals surface area (Å²) in [6.45, 7) is 6.98. The Balaban J connectivity index is 1.90. The monoisotopic (exact) mass is 456 g/mol. The van der Waals surface area contributed by atoms with Crippen molar-refractivity contribution >= 4 is 34.2 Å². The van der Waals surface area contributed by atoms with Crippen LogP contribution < -0.4 is 10.3 Å². The Bertz CT molecular complexity index is 1270.